The molecule has 0 amide bonds. The predicted octanol–water partition coefficient (Wildman–Crippen LogP) is 5.90. The van der Waals surface area contributed by atoms with E-state index in [1.807, 2.05) is 24.4 Å². The van der Waals surface area contributed by atoms with E-state index in [4.69, 9.17) is 0 Å². The summed E-state index contributed by atoms with van der Waals surface area (Å²) in [5.41, 5.74) is 8.67. The third kappa shape index (κ3) is 3.52. The number of aryl methyl sites for hydroxylation is 3. The van der Waals surface area contributed by atoms with E-state index in [9.17, 15) is 9.59 Å². The van der Waals surface area contributed by atoms with Gasteiger partial charge in [-0.3, -0.25) is 14.6 Å². The molecule has 0 bridgehead atoms. The zero-order valence-electron chi connectivity index (χ0n) is 19.3. The number of fused-ring (bicyclic) bond motifs is 2. The van der Waals surface area contributed by atoms with Crippen LogP contribution in [-0.2, 0) is 0 Å². The molecule has 0 N–H and O–H groups in total. The van der Waals surface area contributed by atoms with E-state index in [0.717, 1.165) is 22.6 Å². The van der Waals surface area contributed by atoms with Crippen molar-refractivity contribution in [3.8, 4) is 5.69 Å². The first-order valence-corrected chi connectivity index (χ1v) is 11.2. The second-order valence-electron chi connectivity index (χ2n) is 8.96. The molecule has 2 aromatic carbocycles. The van der Waals surface area contributed by atoms with Gasteiger partial charge in [-0.05, 0) is 69.2 Å². The molecule has 0 spiro atoms. The lowest BCUT2D eigenvalue weighted by Crippen LogP contribution is -2.35. The Hall–Kier alpha value is -3.79. The summed E-state index contributed by atoms with van der Waals surface area (Å²) >= 11 is 0. The Morgan fingerprint density at radius 2 is 1.55 bits per heavy atom. The molecule has 3 aromatic rings. The van der Waals surface area contributed by atoms with Crippen molar-refractivity contribution in [3.05, 3.63) is 112 Å². The maximum absolute atomic E-state index is 13.0. The van der Waals surface area contributed by atoms with Gasteiger partial charge in [-0.25, -0.2) is 0 Å². The monoisotopic (exact) mass is 434 g/mol. The summed E-state index contributed by atoms with van der Waals surface area (Å²) in [5.74, 6) is -0.948. The Morgan fingerprint density at radius 1 is 0.848 bits per heavy atom. The number of hydrogen-bond donors (Lipinski definition) is 0. The van der Waals surface area contributed by atoms with Crippen LogP contribution in [-0.4, -0.2) is 22.3 Å². The number of nitrogens with zero attached hydrogens (tertiary/aromatic N) is 2. The number of rotatable bonds is 3. The third-order valence-corrected chi connectivity index (χ3v) is 6.85. The molecule has 0 aliphatic heterocycles. The Bertz CT molecular complexity index is 1400. The largest absolute Gasteiger partial charge is 0.318 e. The van der Waals surface area contributed by atoms with Gasteiger partial charge < -0.3 is 4.57 Å². The summed E-state index contributed by atoms with van der Waals surface area (Å²) in [5, 5.41) is 0. The van der Waals surface area contributed by atoms with Gasteiger partial charge in [-0.2, -0.15) is 0 Å². The smallest absolute Gasteiger partial charge is 0.171 e. The molecule has 2 aliphatic rings. The van der Waals surface area contributed by atoms with E-state index >= 15 is 0 Å². The lowest BCUT2D eigenvalue weighted by Gasteiger charge is -2.28. The molecule has 0 radical (unpaired) electrons. The quantitative estimate of drug-likeness (QED) is 0.482. The van der Waals surface area contributed by atoms with Gasteiger partial charge in [0, 0.05) is 40.0 Å². The maximum Gasteiger partial charge on any atom is 0.171 e. The molecule has 1 heterocycles. The first-order chi connectivity index (χ1) is 15.8. The van der Waals surface area contributed by atoms with Crippen molar-refractivity contribution in [2.75, 3.05) is 0 Å². The molecule has 4 heteroatoms. The van der Waals surface area contributed by atoms with Crippen LogP contribution in [0.4, 0.5) is 0 Å². The van der Waals surface area contributed by atoms with Gasteiger partial charge in [0.25, 0.3) is 0 Å². The van der Waals surface area contributed by atoms with E-state index in [2.05, 4.69) is 61.5 Å². The molecule has 4 nitrogen and oxygen atoms in total. The number of ketones is 2. The summed E-state index contributed by atoms with van der Waals surface area (Å²) in [6.45, 7) is 8.42. The average Bonchev–Trinajstić information content (AvgIpc) is 3.10. The molecule has 5 rings (SSSR count). The van der Waals surface area contributed by atoms with Crippen LogP contribution in [0.2, 0.25) is 0 Å². The average molecular weight is 435 g/mol. The predicted molar refractivity (Wildman–Crippen MR) is 132 cm³/mol. The van der Waals surface area contributed by atoms with E-state index in [-0.39, 0.29) is 11.6 Å². The maximum atomic E-state index is 13.0. The van der Waals surface area contributed by atoms with E-state index in [0.29, 0.717) is 16.8 Å². The molecular formula is C29H26N2O2. The number of carbonyl (C=O) groups is 2. The Balaban J connectivity index is 1.45. The normalized spacial score (nSPS) is 19.6. The van der Waals surface area contributed by atoms with E-state index in [1.165, 1.54) is 11.1 Å². The molecule has 0 unspecified atom stereocenters. The zero-order chi connectivity index (χ0) is 23.3. The van der Waals surface area contributed by atoms with Crippen molar-refractivity contribution in [2.45, 2.75) is 27.7 Å². The molecule has 1 aromatic heterocycles. The van der Waals surface area contributed by atoms with Crippen LogP contribution in [0, 0.1) is 39.5 Å². The number of allylic oxidation sites excluding steroid dienone is 3. The number of Topliss-reactive ketones (excluding diaryl/α,β-unsaturated/α-hetero) is 2. The minimum Gasteiger partial charge on any atom is -0.318 e. The number of benzene rings is 2. The highest BCUT2D eigenvalue weighted by atomic mass is 16.1. The topological polar surface area (TPSA) is 51.4 Å². The number of carbonyl (C=O) groups excluding carboxylic acids is 2. The van der Waals surface area contributed by atoms with Crippen molar-refractivity contribution in [3.63, 3.8) is 0 Å². The van der Waals surface area contributed by atoms with Crippen molar-refractivity contribution >= 4 is 17.8 Å². The van der Waals surface area contributed by atoms with Crippen molar-refractivity contribution in [1.29, 1.82) is 0 Å². The van der Waals surface area contributed by atoms with Gasteiger partial charge in [0.1, 0.15) is 0 Å². The Kier molecular flexibility index (Phi) is 5.09. The highest BCUT2D eigenvalue weighted by Gasteiger charge is 2.40. The minimum absolute atomic E-state index is 0.00247. The first-order valence-electron chi connectivity index (χ1n) is 11.2. The first kappa shape index (κ1) is 21.1. The summed E-state index contributed by atoms with van der Waals surface area (Å²) < 4.78 is 2.23. The highest BCUT2D eigenvalue weighted by molar-refractivity contribution is 6.17. The molecule has 33 heavy (non-hydrogen) atoms. The van der Waals surface area contributed by atoms with Crippen LogP contribution in [0.15, 0.2) is 77.4 Å². The summed E-state index contributed by atoms with van der Waals surface area (Å²) in [4.78, 5) is 30.6. The molecule has 2 aliphatic carbocycles. The highest BCUT2D eigenvalue weighted by Crippen LogP contribution is 2.35. The molecule has 0 saturated carbocycles. The molecule has 164 valence electrons. The van der Waals surface area contributed by atoms with Gasteiger partial charge >= 0.3 is 0 Å². The van der Waals surface area contributed by atoms with Crippen LogP contribution in [0.1, 0.15) is 48.8 Å². The van der Waals surface area contributed by atoms with Crippen molar-refractivity contribution in [1.82, 2.24) is 4.57 Å². The fourth-order valence-corrected chi connectivity index (χ4v) is 4.84. The number of hydrogen-bond acceptors (Lipinski definition) is 3. The van der Waals surface area contributed by atoms with Gasteiger partial charge in [0.2, 0.25) is 0 Å². The van der Waals surface area contributed by atoms with Crippen molar-refractivity contribution < 1.29 is 9.59 Å². The van der Waals surface area contributed by atoms with Crippen LogP contribution in [0.3, 0.4) is 0 Å². The fraction of sp³-hybridized carbons (Fsp3) is 0.207. The lowest BCUT2D eigenvalue weighted by molar-refractivity contribution is 0.0801. The Labute approximate surface area is 194 Å². The van der Waals surface area contributed by atoms with Crippen LogP contribution in [0.25, 0.3) is 5.69 Å². The molecule has 2 atom stereocenters. The summed E-state index contributed by atoms with van der Waals surface area (Å²) in [6.07, 6.45) is 7.35. The van der Waals surface area contributed by atoms with E-state index in [1.54, 1.807) is 24.3 Å². The van der Waals surface area contributed by atoms with Crippen LogP contribution >= 0.6 is 0 Å². The molecule has 0 saturated heterocycles. The standard InChI is InChI=1S/C29H26N2O2/c1-17-9-11-23(13-18(17)2)31-19(3)14-21(20(31)4)16-30-22-10-12-26-27(15-22)29(33)25-8-6-5-7-24(25)28(26)32/h5-16,26-27H,1-4H3/t26-,27-/m1/s1. The number of aromatic nitrogens is 1. The number of aliphatic imine (C=N–C) groups is 1. The third-order valence-electron chi connectivity index (χ3n) is 6.85. The fourth-order valence-electron chi connectivity index (χ4n) is 4.84. The van der Waals surface area contributed by atoms with Gasteiger partial charge in [0.05, 0.1) is 17.5 Å². The lowest BCUT2D eigenvalue weighted by atomic mass is 9.72. The van der Waals surface area contributed by atoms with Crippen LogP contribution < -0.4 is 0 Å². The van der Waals surface area contributed by atoms with Crippen molar-refractivity contribution in [2.24, 2.45) is 16.8 Å². The Morgan fingerprint density at radius 3 is 2.24 bits per heavy atom. The van der Waals surface area contributed by atoms with Gasteiger partial charge in [0.15, 0.2) is 11.6 Å². The van der Waals surface area contributed by atoms with Gasteiger partial charge in [-0.1, -0.05) is 36.4 Å². The van der Waals surface area contributed by atoms with E-state index < -0.39 is 11.8 Å². The second kappa shape index (κ2) is 7.96. The van der Waals surface area contributed by atoms with Crippen LogP contribution in [0.5, 0.6) is 0 Å². The van der Waals surface area contributed by atoms with Gasteiger partial charge in [-0.15, -0.1) is 0 Å². The summed E-state index contributed by atoms with van der Waals surface area (Å²) in [6, 6.07) is 15.7. The molecular weight excluding hydrogens is 408 g/mol. The second-order valence-corrected chi connectivity index (χ2v) is 8.96. The SMILES string of the molecule is Cc1ccc(-n2c(C)cc(C=NC3=C[C@H]4C(=O)c5ccccc5C(=O)[C@@H]4C=C3)c2C)cc1C. The molecule has 0 fully saturated rings. The minimum atomic E-state index is -0.493. The summed E-state index contributed by atoms with van der Waals surface area (Å²) in [7, 11) is 0. The zero-order valence-corrected chi connectivity index (χ0v) is 19.3.